The van der Waals surface area contributed by atoms with E-state index < -0.39 is 25.6 Å². The molecular formula is C12H19ClN2O4S2. The van der Waals surface area contributed by atoms with Crippen molar-refractivity contribution in [1.82, 2.24) is 9.44 Å². The minimum absolute atomic E-state index is 0.0742. The standard InChI is InChI=1S/C12H19ClN2O4S2/c1-9-5-6-10(13)7-11(9)21(18,19)14-8-12(2,3)15-20(4,16)17/h5-7,14-15H,8H2,1-4H3. The van der Waals surface area contributed by atoms with Crippen LogP contribution in [0.25, 0.3) is 0 Å². The van der Waals surface area contributed by atoms with Crippen LogP contribution >= 0.6 is 11.6 Å². The van der Waals surface area contributed by atoms with E-state index in [-0.39, 0.29) is 11.4 Å². The summed E-state index contributed by atoms with van der Waals surface area (Å²) < 4.78 is 51.8. The molecule has 0 atom stereocenters. The molecule has 6 nitrogen and oxygen atoms in total. The average Bonchev–Trinajstić information content (AvgIpc) is 2.27. The summed E-state index contributed by atoms with van der Waals surface area (Å²) in [4.78, 5) is 0.0742. The highest BCUT2D eigenvalue weighted by Crippen LogP contribution is 2.20. The maximum atomic E-state index is 12.3. The Kier molecular flexibility index (Phi) is 5.44. The molecule has 0 bridgehead atoms. The van der Waals surface area contributed by atoms with Crippen LogP contribution in [0.2, 0.25) is 5.02 Å². The van der Waals surface area contributed by atoms with Crippen molar-refractivity contribution in [3.05, 3.63) is 28.8 Å². The number of sulfonamides is 2. The third-order valence-corrected chi connectivity index (χ3v) is 5.31. The van der Waals surface area contributed by atoms with Gasteiger partial charge in [0.2, 0.25) is 20.0 Å². The first-order valence-corrected chi connectivity index (χ1v) is 9.82. The van der Waals surface area contributed by atoms with E-state index in [9.17, 15) is 16.8 Å². The van der Waals surface area contributed by atoms with Crippen LogP contribution in [0.3, 0.4) is 0 Å². The van der Waals surface area contributed by atoms with Gasteiger partial charge in [0.05, 0.1) is 11.2 Å². The summed E-state index contributed by atoms with van der Waals surface area (Å²) in [5, 5.41) is 0.314. The van der Waals surface area contributed by atoms with Gasteiger partial charge in [-0.15, -0.1) is 0 Å². The van der Waals surface area contributed by atoms with Gasteiger partial charge in [-0.1, -0.05) is 17.7 Å². The Morgan fingerprint density at radius 2 is 1.76 bits per heavy atom. The Hall–Kier alpha value is -0.670. The van der Waals surface area contributed by atoms with Gasteiger partial charge < -0.3 is 0 Å². The highest BCUT2D eigenvalue weighted by atomic mass is 35.5. The number of halogens is 1. The number of nitrogens with one attached hydrogen (secondary N) is 2. The van der Waals surface area contributed by atoms with Gasteiger partial charge in [0.25, 0.3) is 0 Å². The lowest BCUT2D eigenvalue weighted by molar-refractivity contribution is 0.446. The van der Waals surface area contributed by atoms with E-state index in [1.54, 1.807) is 32.9 Å². The summed E-state index contributed by atoms with van der Waals surface area (Å²) in [6.07, 6.45) is 1.02. The number of hydrogen-bond acceptors (Lipinski definition) is 4. The maximum absolute atomic E-state index is 12.3. The fourth-order valence-corrected chi connectivity index (χ4v) is 4.55. The number of hydrogen-bond donors (Lipinski definition) is 2. The van der Waals surface area contributed by atoms with Crippen LogP contribution in [0.4, 0.5) is 0 Å². The molecule has 1 aromatic carbocycles. The molecule has 0 unspecified atom stereocenters. The summed E-state index contributed by atoms with van der Waals surface area (Å²) >= 11 is 5.82. The fraction of sp³-hybridized carbons (Fsp3) is 0.500. The van der Waals surface area contributed by atoms with E-state index in [0.29, 0.717) is 10.6 Å². The van der Waals surface area contributed by atoms with Crippen molar-refractivity contribution in [2.24, 2.45) is 0 Å². The maximum Gasteiger partial charge on any atom is 0.240 e. The Morgan fingerprint density at radius 3 is 2.29 bits per heavy atom. The van der Waals surface area contributed by atoms with Crippen LogP contribution in [-0.4, -0.2) is 35.2 Å². The first-order chi connectivity index (χ1) is 9.32. The van der Waals surface area contributed by atoms with Crippen molar-refractivity contribution < 1.29 is 16.8 Å². The fourth-order valence-electron chi connectivity index (χ4n) is 1.75. The third kappa shape index (κ3) is 5.91. The molecule has 0 heterocycles. The topological polar surface area (TPSA) is 92.3 Å². The van der Waals surface area contributed by atoms with E-state index in [1.807, 2.05) is 0 Å². The van der Waals surface area contributed by atoms with Crippen molar-refractivity contribution in [3.8, 4) is 0 Å². The molecule has 0 aromatic heterocycles. The van der Waals surface area contributed by atoms with Gasteiger partial charge >= 0.3 is 0 Å². The van der Waals surface area contributed by atoms with Crippen LogP contribution in [0, 0.1) is 6.92 Å². The van der Waals surface area contributed by atoms with Crippen molar-refractivity contribution >= 4 is 31.6 Å². The Balaban J connectivity index is 2.94. The molecule has 0 spiro atoms. The second-order valence-electron chi connectivity index (χ2n) is 5.49. The lowest BCUT2D eigenvalue weighted by Gasteiger charge is -2.25. The van der Waals surface area contributed by atoms with Gasteiger partial charge in [0, 0.05) is 17.1 Å². The molecule has 0 aliphatic rings. The van der Waals surface area contributed by atoms with E-state index in [0.717, 1.165) is 6.26 Å². The molecule has 0 fully saturated rings. The van der Waals surface area contributed by atoms with Gasteiger partial charge in [-0.05, 0) is 38.5 Å². The smallest absolute Gasteiger partial charge is 0.213 e. The van der Waals surface area contributed by atoms with E-state index in [1.165, 1.54) is 6.07 Å². The summed E-state index contributed by atoms with van der Waals surface area (Å²) in [5.74, 6) is 0. The number of rotatable bonds is 6. The molecule has 0 saturated heterocycles. The average molecular weight is 355 g/mol. The van der Waals surface area contributed by atoms with Crippen LogP contribution in [0.15, 0.2) is 23.1 Å². The van der Waals surface area contributed by atoms with E-state index >= 15 is 0 Å². The molecule has 9 heteroatoms. The van der Waals surface area contributed by atoms with Crippen molar-refractivity contribution in [3.63, 3.8) is 0 Å². The first-order valence-electron chi connectivity index (χ1n) is 6.07. The Bertz CT molecular complexity index is 728. The third-order valence-electron chi connectivity index (χ3n) is 2.61. The van der Waals surface area contributed by atoms with Gasteiger partial charge in [0.15, 0.2) is 0 Å². The van der Waals surface area contributed by atoms with Crippen LogP contribution in [0.5, 0.6) is 0 Å². The number of benzene rings is 1. The van der Waals surface area contributed by atoms with Crippen LogP contribution < -0.4 is 9.44 Å². The van der Waals surface area contributed by atoms with E-state index in [2.05, 4.69) is 9.44 Å². The largest absolute Gasteiger partial charge is 0.240 e. The normalized spacial score (nSPS) is 13.4. The molecule has 0 radical (unpaired) electrons. The summed E-state index contributed by atoms with van der Waals surface area (Å²) in [6.45, 7) is 4.74. The first kappa shape index (κ1) is 18.4. The zero-order chi connectivity index (χ0) is 16.5. The second-order valence-corrected chi connectivity index (χ2v) is 9.41. The minimum atomic E-state index is -3.77. The molecule has 21 heavy (non-hydrogen) atoms. The zero-order valence-electron chi connectivity index (χ0n) is 12.3. The van der Waals surface area contributed by atoms with Gasteiger partial charge in [-0.2, -0.15) is 0 Å². The molecule has 0 saturated carbocycles. The Labute approximate surface area is 131 Å². The highest BCUT2D eigenvalue weighted by Gasteiger charge is 2.26. The lowest BCUT2D eigenvalue weighted by Crippen LogP contribution is -2.50. The second kappa shape index (κ2) is 6.21. The number of aryl methyl sites for hydroxylation is 1. The monoisotopic (exact) mass is 354 g/mol. The van der Waals surface area contributed by atoms with Crippen molar-refractivity contribution in [1.29, 1.82) is 0 Å². The predicted molar refractivity (Wildman–Crippen MR) is 83.4 cm³/mol. The summed E-state index contributed by atoms with van der Waals surface area (Å²) in [7, 11) is -7.21. The Morgan fingerprint density at radius 1 is 1.19 bits per heavy atom. The molecule has 0 aliphatic carbocycles. The van der Waals surface area contributed by atoms with Crippen molar-refractivity contribution in [2.45, 2.75) is 31.2 Å². The van der Waals surface area contributed by atoms with Crippen LogP contribution in [-0.2, 0) is 20.0 Å². The SMILES string of the molecule is Cc1ccc(Cl)cc1S(=O)(=O)NCC(C)(C)NS(C)(=O)=O. The predicted octanol–water partition coefficient (Wildman–Crippen LogP) is 1.25. The summed E-state index contributed by atoms with van der Waals surface area (Å²) in [5.41, 5.74) is -0.395. The van der Waals surface area contributed by atoms with Gasteiger partial charge in [-0.25, -0.2) is 26.3 Å². The molecule has 0 amide bonds. The lowest BCUT2D eigenvalue weighted by atomic mass is 10.1. The zero-order valence-corrected chi connectivity index (χ0v) is 14.7. The summed E-state index contributed by atoms with van der Waals surface area (Å²) in [6, 6.07) is 4.57. The van der Waals surface area contributed by atoms with Crippen LogP contribution in [0.1, 0.15) is 19.4 Å². The molecular weight excluding hydrogens is 336 g/mol. The van der Waals surface area contributed by atoms with E-state index in [4.69, 9.17) is 11.6 Å². The molecule has 120 valence electrons. The molecule has 1 aromatic rings. The van der Waals surface area contributed by atoms with Crippen molar-refractivity contribution in [2.75, 3.05) is 12.8 Å². The van der Waals surface area contributed by atoms with Gasteiger partial charge in [0.1, 0.15) is 0 Å². The quantitative estimate of drug-likeness (QED) is 0.804. The highest BCUT2D eigenvalue weighted by molar-refractivity contribution is 7.89. The minimum Gasteiger partial charge on any atom is -0.213 e. The molecule has 2 N–H and O–H groups in total. The van der Waals surface area contributed by atoms with Gasteiger partial charge in [-0.3, -0.25) is 0 Å². The molecule has 0 aliphatic heterocycles. The molecule has 1 rings (SSSR count).